The Morgan fingerprint density at radius 2 is 2.12 bits per heavy atom. The molecule has 4 heteroatoms. The average molecular weight is 346 g/mol. The fourth-order valence-electron chi connectivity index (χ4n) is 4.52. The first-order valence-electron chi connectivity index (χ1n) is 8.86. The topological polar surface area (TPSA) is 29.5 Å². The van der Waals surface area contributed by atoms with E-state index in [4.69, 9.17) is 4.74 Å². The second-order valence-electron chi connectivity index (χ2n) is 6.68. The summed E-state index contributed by atoms with van der Waals surface area (Å²) >= 11 is 1.85. The van der Waals surface area contributed by atoms with Crippen molar-refractivity contribution in [3.63, 3.8) is 0 Å². The zero-order valence-corrected chi connectivity index (χ0v) is 15.4. The summed E-state index contributed by atoms with van der Waals surface area (Å²) in [6.45, 7) is 6.91. The molecular formula is C20H27NO2S. The Morgan fingerprint density at radius 3 is 2.75 bits per heavy atom. The number of benzene rings is 1. The van der Waals surface area contributed by atoms with Crippen molar-refractivity contribution in [2.24, 2.45) is 5.92 Å². The summed E-state index contributed by atoms with van der Waals surface area (Å²) in [4.78, 5) is 16.3. The van der Waals surface area contributed by atoms with E-state index in [2.05, 4.69) is 42.7 Å². The van der Waals surface area contributed by atoms with Gasteiger partial charge in [-0.25, -0.2) is 0 Å². The molecule has 0 amide bonds. The van der Waals surface area contributed by atoms with Gasteiger partial charge in [-0.05, 0) is 42.7 Å². The summed E-state index contributed by atoms with van der Waals surface area (Å²) in [5.74, 6) is 1.20. The van der Waals surface area contributed by atoms with Crippen LogP contribution in [-0.2, 0) is 9.53 Å². The van der Waals surface area contributed by atoms with Gasteiger partial charge in [-0.2, -0.15) is 0 Å². The molecule has 130 valence electrons. The van der Waals surface area contributed by atoms with E-state index in [1.54, 1.807) is 0 Å². The highest BCUT2D eigenvalue weighted by Gasteiger charge is 2.50. The lowest BCUT2D eigenvalue weighted by atomic mass is 9.76. The first-order valence-corrected chi connectivity index (χ1v) is 9.85. The predicted octanol–water partition coefficient (Wildman–Crippen LogP) is 4.09. The minimum absolute atomic E-state index is 0.0635. The van der Waals surface area contributed by atoms with Crippen LogP contribution in [0.3, 0.4) is 0 Å². The van der Waals surface area contributed by atoms with E-state index in [0.29, 0.717) is 6.04 Å². The molecular weight excluding hydrogens is 318 g/mol. The summed E-state index contributed by atoms with van der Waals surface area (Å²) in [7, 11) is 1.51. The molecule has 0 saturated carbocycles. The summed E-state index contributed by atoms with van der Waals surface area (Å²) < 4.78 is 5.19. The lowest BCUT2D eigenvalue weighted by Crippen LogP contribution is -2.50. The first kappa shape index (κ1) is 17.6. The van der Waals surface area contributed by atoms with Gasteiger partial charge in [0.15, 0.2) is 0 Å². The Bertz CT molecular complexity index is 586. The zero-order chi connectivity index (χ0) is 17.1. The number of piperidine rings is 1. The third-order valence-electron chi connectivity index (χ3n) is 5.50. The lowest BCUT2D eigenvalue weighted by molar-refractivity contribution is -0.150. The van der Waals surface area contributed by atoms with Crippen molar-refractivity contribution in [1.29, 1.82) is 0 Å². The van der Waals surface area contributed by atoms with Gasteiger partial charge in [-0.1, -0.05) is 25.1 Å². The molecule has 2 aliphatic rings. The van der Waals surface area contributed by atoms with Crippen molar-refractivity contribution in [2.45, 2.75) is 49.1 Å². The minimum atomic E-state index is -0.0709. The van der Waals surface area contributed by atoms with Gasteiger partial charge >= 0.3 is 5.97 Å². The average Bonchev–Trinajstić information content (AvgIpc) is 2.87. The molecule has 24 heavy (non-hydrogen) atoms. The number of nitrogens with zero attached hydrogens (tertiary/aromatic N) is 1. The molecule has 2 aliphatic heterocycles. The number of rotatable bonds is 6. The van der Waals surface area contributed by atoms with Crippen molar-refractivity contribution in [3.05, 3.63) is 42.5 Å². The maximum atomic E-state index is 12.6. The van der Waals surface area contributed by atoms with Crippen LogP contribution in [-0.4, -0.2) is 42.4 Å². The van der Waals surface area contributed by atoms with Gasteiger partial charge in [0, 0.05) is 29.4 Å². The first-order chi connectivity index (χ1) is 11.7. The van der Waals surface area contributed by atoms with E-state index in [0.717, 1.165) is 25.1 Å². The van der Waals surface area contributed by atoms with Crippen molar-refractivity contribution in [3.8, 4) is 0 Å². The third-order valence-corrected chi connectivity index (χ3v) is 6.39. The number of methoxy groups -OCH3 is 1. The Labute approximate surface area is 149 Å². The number of carbonyl (C=O) groups is 1. The fourth-order valence-corrected chi connectivity index (χ4v) is 5.19. The second kappa shape index (κ2) is 7.75. The van der Waals surface area contributed by atoms with Crippen LogP contribution in [0.1, 0.15) is 37.7 Å². The molecule has 1 aromatic carbocycles. The number of hydrogen-bond donors (Lipinski definition) is 0. The number of hydrogen-bond acceptors (Lipinski definition) is 4. The van der Waals surface area contributed by atoms with Crippen molar-refractivity contribution < 1.29 is 9.53 Å². The molecule has 0 spiro atoms. The van der Waals surface area contributed by atoms with E-state index in [-0.39, 0.29) is 23.8 Å². The van der Waals surface area contributed by atoms with Crippen LogP contribution >= 0.6 is 11.8 Å². The monoisotopic (exact) mass is 345 g/mol. The SMILES string of the molecule is C=CCN1C2CCC1[C@@H](C(=O)OC)[C@@H](c1ccc(SCC)cc1)C2. The molecule has 0 aliphatic carbocycles. The lowest BCUT2D eigenvalue weighted by Gasteiger charge is -2.43. The Hall–Kier alpha value is -1.26. The molecule has 0 radical (unpaired) electrons. The summed E-state index contributed by atoms with van der Waals surface area (Å²) in [6, 6.07) is 9.64. The van der Waals surface area contributed by atoms with E-state index in [1.807, 2.05) is 17.8 Å². The molecule has 0 aromatic heterocycles. The molecule has 2 bridgehead atoms. The Kier molecular flexibility index (Phi) is 5.67. The van der Waals surface area contributed by atoms with Crippen molar-refractivity contribution in [2.75, 3.05) is 19.4 Å². The van der Waals surface area contributed by atoms with Crippen LogP contribution in [0.4, 0.5) is 0 Å². The fraction of sp³-hybridized carbons (Fsp3) is 0.550. The van der Waals surface area contributed by atoms with Gasteiger partial charge in [0.05, 0.1) is 13.0 Å². The van der Waals surface area contributed by atoms with Crippen LogP contribution in [0.5, 0.6) is 0 Å². The van der Waals surface area contributed by atoms with Gasteiger partial charge in [0.2, 0.25) is 0 Å². The molecule has 3 nitrogen and oxygen atoms in total. The Balaban J connectivity index is 1.88. The highest BCUT2D eigenvalue weighted by atomic mass is 32.2. The number of esters is 1. The maximum Gasteiger partial charge on any atom is 0.310 e. The summed E-state index contributed by atoms with van der Waals surface area (Å²) in [5, 5.41) is 0. The summed E-state index contributed by atoms with van der Waals surface area (Å²) in [5.41, 5.74) is 1.28. The largest absolute Gasteiger partial charge is 0.469 e. The number of fused-ring (bicyclic) bond motifs is 2. The standard InChI is InChI=1S/C20H27NO2S/c1-4-12-21-15-8-11-18(21)19(20(22)23-3)17(13-15)14-6-9-16(10-7-14)24-5-2/h4,6-7,9-10,15,17-19H,1,5,8,11-13H2,2-3H3/t15?,17-,18?,19+/m1/s1. The van der Waals surface area contributed by atoms with Crippen LogP contribution in [0.25, 0.3) is 0 Å². The van der Waals surface area contributed by atoms with E-state index >= 15 is 0 Å². The number of ether oxygens (including phenoxy) is 1. The van der Waals surface area contributed by atoms with Gasteiger partial charge in [-0.15, -0.1) is 18.3 Å². The highest BCUT2D eigenvalue weighted by Crippen LogP contribution is 2.47. The number of thioether (sulfide) groups is 1. The van der Waals surface area contributed by atoms with Gasteiger partial charge in [0.1, 0.15) is 0 Å². The molecule has 1 aromatic rings. The van der Waals surface area contributed by atoms with Crippen LogP contribution in [0.15, 0.2) is 41.8 Å². The normalized spacial score (nSPS) is 29.4. The molecule has 3 rings (SSSR count). The van der Waals surface area contributed by atoms with E-state index < -0.39 is 0 Å². The van der Waals surface area contributed by atoms with Crippen molar-refractivity contribution >= 4 is 17.7 Å². The minimum Gasteiger partial charge on any atom is -0.469 e. The van der Waals surface area contributed by atoms with Gasteiger partial charge in [-0.3, -0.25) is 9.69 Å². The maximum absolute atomic E-state index is 12.6. The molecule has 0 N–H and O–H groups in total. The zero-order valence-electron chi connectivity index (χ0n) is 14.6. The smallest absolute Gasteiger partial charge is 0.310 e. The van der Waals surface area contributed by atoms with Crippen LogP contribution < -0.4 is 0 Å². The quantitative estimate of drug-likeness (QED) is 0.441. The van der Waals surface area contributed by atoms with Gasteiger partial charge < -0.3 is 4.74 Å². The molecule has 2 saturated heterocycles. The van der Waals surface area contributed by atoms with Gasteiger partial charge in [0.25, 0.3) is 0 Å². The second-order valence-corrected chi connectivity index (χ2v) is 8.01. The summed E-state index contributed by atoms with van der Waals surface area (Å²) in [6.07, 6.45) is 5.24. The van der Waals surface area contributed by atoms with Crippen LogP contribution in [0, 0.1) is 5.92 Å². The molecule has 2 heterocycles. The third kappa shape index (κ3) is 3.27. The van der Waals surface area contributed by atoms with E-state index in [9.17, 15) is 4.79 Å². The Morgan fingerprint density at radius 1 is 1.38 bits per heavy atom. The van der Waals surface area contributed by atoms with Crippen LogP contribution in [0.2, 0.25) is 0 Å². The van der Waals surface area contributed by atoms with Crippen molar-refractivity contribution in [1.82, 2.24) is 4.90 Å². The van der Waals surface area contributed by atoms with E-state index in [1.165, 1.54) is 24.0 Å². The molecule has 2 unspecified atom stereocenters. The molecule has 4 atom stereocenters. The molecule has 2 fully saturated rings. The highest BCUT2D eigenvalue weighted by molar-refractivity contribution is 7.99. The predicted molar refractivity (Wildman–Crippen MR) is 99.4 cm³/mol. The number of carbonyl (C=O) groups excluding carboxylic acids is 1.